The Kier molecular flexibility index (Phi) is 1.34. The smallest absolute Gasteiger partial charge is 0.0593 e. The summed E-state index contributed by atoms with van der Waals surface area (Å²) in [7, 11) is 0. The Morgan fingerprint density at radius 3 is 2.50 bits per heavy atom. The largest absolute Gasteiger partial charge is 0.121 e. The molecule has 0 aliphatic heterocycles. The molecule has 0 amide bonds. The second-order valence-electron chi connectivity index (χ2n) is 3.58. The van der Waals surface area contributed by atoms with Gasteiger partial charge in [0.2, 0.25) is 0 Å². The highest BCUT2D eigenvalue weighted by Crippen LogP contribution is 2.53. The standard InChI is InChI=1S/C8H10Cl2/c1-8-3-2-5(4-8)6(9)7(8)10/h2-3,5-7H,4H2,1H3. The molecule has 2 bridgehead atoms. The van der Waals surface area contributed by atoms with Gasteiger partial charge in [0, 0.05) is 5.41 Å². The maximum absolute atomic E-state index is 6.12. The van der Waals surface area contributed by atoms with Crippen molar-refractivity contribution in [1.29, 1.82) is 0 Å². The third-order valence-electron chi connectivity index (χ3n) is 2.72. The van der Waals surface area contributed by atoms with Gasteiger partial charge >= 0.3 is 0 Å². The molecule has 1 saturated carbocycles. The third kappa shape index (κ3) is 0.695. The van der Waals surface area contributed by atoms with E-state index < -0.39 is 0 Å². The van der Waals surface area contributed by atoms with Crippen molar-refractivity contribution in [2.24, 2.45) is 11.3 Å². The van der Waals surface area contributed by atoms with E-state index in [1.807, 2.05) is 0 Å². The molecule has 4 unspecified atom stereocenters. The van der Waals surface area contributed by atoms with Crippen LogP contribution in [0.3, 0.4) is 0 Å². The summed E-state index contributed by atoms with van der Waals surface area (Å²) >= 11 is 12.2. The van der Waals surface area contributed by atoms with E-state index in [0.29, 0.717) is 5.92 Å². The van der Waals surface area contributed by atoms with Crippen molar-refractivity contribution in [3.05, 3.63) is 12.2 Å². The molecular weight excluding hydrogens is 167 g/mol. The van der Waals surface area contributed by atoms with Crippen LogP contribution < -0.4 is 0 Å². The molecule has 0 spiro atoms. The van der Waals surface area contributed by atoms with Crippen molar-refractivity contribution in [1.82, 2.24) is 0 Å². The summed E-state index contributed by atoms with van der Waals surface area (Å²) in [5.74, 6) is 0.536. The van der Waals surface area contributed by atoms with Gasteiger partial charge in [-0.3, -0.25) is 0 Å². The first-order chi connectivity index (χ1) is 4.63. The van der Waals surface area contributed by atoms with Crippen molar-refractivity contribution >= 4 is 23.2 Å². The third-order valence-corrected chi connectivity index (χ3v) is 4.19. The Bertz CT molecular complexity index is 188. The van der Waals surface area contributed by atoms with Crippen LogP contribution in [0.25, 0.3) is 0 Å². The Hall–Kier alpha value is 0.320. The lowest BCUT2D eigenvalue weighted by atomic mass is 9.90. The molecule has 0 nitrogen and oxygen atoms in total. The second-order valence-corrected chi connectivity index (χ2v) is 4.55. The molecule has 0 saturated heterocycles. The summed E-state index contributed by atoms with van der Waals surface area (Å²) in [5.41, 5.74) is 0.193. The zero-order valence-corrected chi connectivity index (χ0v) is 7.36. The Labute approximate surface area is 71.2 Å². The van der Waals surface area contributed by atoms with Gasteiger partial charge in [-0.15, -0.1) is 23.2 Å². The van der Waals surface area contributed by atoms with Crippen LogP contribution in [-0.2, 0) is 0 Å². The number of hydrogen-bond acceptors (Lipinski definition) is 0. The Balaban J connectivity index is 2.35. The van der Waals surface area contributed by atoms with Crippen LogP contribution in [-0.4, -0.2) is 10.8 Å². The van der Waals surface area contributed by atoms with Crippen molar-refractivity contribution in [3.63, 3.8) is 0 Å². The van der Waals surface area contributed by atoms with E-state index in [1.54, 1.807) is 0 Å². The van der Waals surface area contributed by atoms with E-state index in [-0.39, 0.29) is 16.2 Å². The highest BCUT2D eigenvalue weighted by atomic mass is 35.5. The first kappa shape index (κ1) is 7.00. The Morgan fingerprint density at radius 2 is 2.20 bits per heavy atom. The second kappa shape index (κ2) is 1.92. The van der Waals surface area contributed by atoms with E-state index in [2.05, 4.69) is 19.1 Å². The van der Waals surface area contributed by atoms with Gasteiger partial charge in [0.15, 0.2) is 0 Å². The van der Waals surface area contributed by atoms with Gasteiger partial charge in [0.1, 0.15) is 0 Å². The van der Waals surface area contributed by atoms with Crippen molar-refractivity contribution in [2.45, 2.75) is 24.1 Å². The number of halogens is 2. The first-order valence-electron chi connectivity index (χ1n) is 3.61. The molecular formula is C8H10Cl2. The molecule has 0 aromatic rings. The lowest BCUT2D eigenvalue weighted by molar-refractivity contribution is 0.462. The minimum absolute atomic E-state index is 0.143. The average molecular weight is 177 g/mol. The fourth-order valence-corrected chi connectivity index (χ4v) is 2.80. The fourth-order valence-electron chi connectivity index (χ4n) is 1.99. The van der Waals surface area contributed by atoms with Crippen LogP contribution in [0, 0.1) is 11.3 Å². The molecule has 56 valence electrons. The maximum atomic E-state index is 6.12. The van der Waals surface area contributed by atoms with Crippen molar-refractivity contribution < 1.29 is 0 Å². The first-order valence-corrected chi connectivity index (χ1v) is 4.48. The topological polar surface area (TPSA) is 0 Å². The molecule has 0 heterocycles. The minimum Gasteiger partial charge on any atom is -0.121 e. The number of alkyl halides is 2. The molecule has 0 aromatic carbocycles. The molecule has 2 aliphatic rings. The molecule has 0 N–H and O–H groups in total. The molecule has 2 heteroatoms. The van der Waals surface area contributed by atoms with Gasteiger partial charge in [-0.25, -0.2) is 0 Å². The summed E-state index contributed by atoms with van der Waals surface area (Å²) in [6.45, 7) is 2.18. The quantitative estimate of drug-likeness (QED) is 0.394. The summed E-state index contributed by atoms with van der Waals surface area (Å²) < 4.78 is 0. The number of fused-ring (bicyclic) bond motifs is 2. The predicted molar refractivity (Wildman–Crippen MR) is 44.6 cm³/mol. The van der Waals surface area contributed by atoms with Gasteiger partial charge in [-0.2, -0.15) is 0 Å². The number of rotatable bonds is 0. The lowest BCUT2D eigenvalue weighted by Gasteiger charge is -2.24. The van der Waals surface area contributed by atoms with E-state index in [9.17, 15) is 0 Å². The summed E-state index contributed by atoms with van der Waals surface area (Å²) in [6.07, 6.45) is 5.57. The van der Waals surface area contributed by atoms with Gasteiger partial charge in [0.05, 0.1) is 10.8 Å². The average Bonchev–Trinajstić information content (AvgIpc) is 2.35. The highest BCUT2D eigenvalue weighted by Gasteiger charge is 2.50. The molecule has 0 aromatic heterocycles. The lowest BCUT2D eigenvalue weighted by Crippen LogP contribution is -2.26. The van der Waals surface area contributed by atoms with Crippen LogP contribution in [0.2, 0.25) is 0 Å². The van der Waals surface area contributed by atoms with Crippen LogP contribution in [0.5, 0.6) is 0 Å². The SMILES string of the molecule is CC12C=CC(C1)C(Cl)C2Cl. The minimum atomic E-state index is 0.143. The normalized spacial score (nSPS) is 58.1. The fraction of sp³-hybridized carbons (Fsp3) is 0.750. The van der Waals surface area contributed by atoms with Gasteiger partial charge in [-0.05, 0) is 12.3 Å². The zero-order chi connectivity index (χ0) is 7.35. The van der Waals surface area contributed by atoms with E-state index in [0.717, 1.165) is 6.42 Å². The summed E-state index contributed by atoms with van der Waals surface area (Å²) in [4.78, 5) is 0. The monoisotopic (exact) mass is 176 g/mol. The van der Waals surface area contributed by atoms with E-state index in [4.69, 9.17) is 23.2 Å². The van der Waals surface area contributed by atoms with Gasteiger partial charge in [0.25, 0.3) is 0 Å². The molecule has 10 heavy (non-hydrogen) atoms. The molecule has 1 fully saturated rings. The van der Waals surface area contributed by atoms with E-state index in [1.165, 1.54) is 0 Å². The molecule has 4 atom stereocenters. The zero-order valence-electron chi connectivity index (χ0n) is 5.85. The van der Waals surface area contributed by atoms with Crippen molar-refractivity contribution in [2.75, 3.05) is 0 Å². The van der Waals surface area contributed by atoms with Crippen LogP contribution >= 0.6 is 23.2 Å². The highest BCUT2D eigenvalue weighted by molar-refractivity contribution is 6.31. The maximum Gasteiger partial charge on any atom is 0.0593 e. The molecule has 2 aliphatic carbocycles. The molecule has 0 radical (unpaired) electrons. The molecule has 2 rings (SSSR count). The summed E-state index contributed by atoms with van der Waals surface area (Å²) in [6, 6.07) is 0. The predicted octanol–water partition coefficient (Wildman–Crippen LogP) is 2.80. The number of allylic oxidation sites excluding steroid dienone is 2. The van der Waals surface area contributed by atoms with Gasteiger partial charge in [-0.1, -0.05) is 19.1 Å². The van der Waals surface area contributed by atoms with E-state index >= 15 is 0 Å². The van der Waals surface area contributed by atoms with Gasteiger partial charge < -0.3 is 0 Å². The van der Waals surface area contributed by atoms with Crippen molar-refractivity contribution in [3.8, 4) is 0 Å². The number of hydrogen-bond donors (Lipinski definition) is 0. The van der Waals surface area contributed by atoms with Crippen LogP contribution in [0.4, 0.5) is 0 Å². The van der Waals surface area contributed by atoms with Crippen LogP contribution in [0.1, 0.15) is 13.3 Å². The van der Waals surface area contributed by atoms with Crippen LogP contribution in [0.15, 0.2) is 12.2 Å². The summed E-state index contributed by atoms with van der Waals surface area (Å²) in [5, 5.41) is 0.306. The Morgan fingerprint density at radius 1 is 1.50 bits per heavy atom.